The van der Waals surface area contributed by atoms with Gasteiger partial charge in [0.05, 0.1) is 11.4 Å². The van der Waals surface area contributed by atoms with Gasteiger partial charge >= 0.3 is 0 Å². The number of nitrogens with zero attached hydrogens (tertiary/aromatic N) is 1. The normalized spacial score (nSPS) is 16.1. The molecule has 0 fully saturated rings. The lowest BCUT2D eigenvalue weighted by Crippen LogP contribution is -2.15. The summed E-state index contributed by atoms with van der Waals surface area (Å²) in [5, 5.41) is 7.14. The largest absolute Gasteiger partial charge is 0.455 e. The van der Waals surface area contributed by atoms with Gasteiger partial charge in [0.25, 0.3) is 0 Å². The molecule has 0 aliphatic heterocycles. The van der Waals surface area contributed by atoms with Crippen LogP contribution in [0.15, 0.2) is 199 Å². The summed E-state index contributed by atoms with van der Waals surface area (Å²) >= 11 is 0. The van der Waals surface area contributed by atoms with Crippen LogP contribution in [0.3, 0.4) is 0 Å². The Hall–Kier alpha value is -6.90. The van der Waals surface area contributed by atoms with Crippen LogP contribution in [-0.4, -0.2) is 0 Å². The number of hydrogen-bond acceptors (Lipinski definition) is 2. The SMILES string of the molecule is C1=CC2c3c(ccc4ccccc34)C=CC2C=C1c1ccc(N(c2ccccc2-c2ccccc2)c2cccc3ccc4c5ccccc5oc4c23)cc1. The first-order chi connectivity index (χ1) is 26.8. The summed E-state index contributed by atoms with van der Waals surface area (Å²) in [5.74, 6) is 0.629. The number of fused-ring (bicyclic) bond motifs is 10. The topological polar surface area (TPSA) is 16.4 Å². The molecule has 2 atom stereocenters. The van der Waals surface area contributed by atoms with Gasteiger partial charge in [-0.1, -0.05) is 164 Å². The smallest absolute Gasteiger partial charge is 0.145 e. The van der Waals surface area contributed by atoms with Gasteiger partial charge in [0.2, 0.25) is 0 Å². The van der Waals surface area contributed by atoms with Crippen molar-refractivity contribution in [3.05, 3.63) is 211 Å². The lowest BCUT2D eigenvalue weighted by Gasteiger charge is -2.31. The molecule has 11 rings (SSSR count). The van der Waals surface area contributed by atoms with Gasteiger partial charge in [-0.2, -0.15) is 0 Å². The highest BCUT2D eigenvalue weighted by atomic mass is 16.3. The Kier molecular flexibility index (Phi) is 7.03. The summed E-state index contributed by atoms with van der Waals surface area (Å²) in [5.41, 5.74) is 12.6. The molecular formula is C52H35NO. The van der Waals surface area contributed by atoms with Gasteiger partial charge in [-0.05, 0) is 80.4 Å². The van der Waals surface area contributed by atoms with E-state index in [1.54, 1.807) is 0 Å². The highest BCUT2D eigenvalue weighted by Gasteiger charge is 2.28. The second-order valence-electron chi connectivity index (χ2n) is 14.4. The van der Waals surface area contributed by atoms with Gasteiger partial charge < -0.3 is 9.32 Å². The number of furan rings is 1. The molecule has 2 aliphatic carbocycles. The fourth-order valence-electron chi connectivity index (χ4n) is 8.86. The van der Waals surface area contributed by atoms with E-state index >= 15 is 0 Å². The summed E-state index contributed by atoms with van der Waals surface area (Å²) in [6.07, 6.45) is 11.9. The minimum absolute atomic E-state index is 0.305. The van der Waals surface area contributed by atoms with Gasteiger partial charge in [-0.15, -0.1) is 0 Å². The third kappa shape index (κ3) is 4.88. The van der Waals surface area contributed by atoms with E-state index in [2.05, 4.69) is 199 Å². The Bertz CT molecular complexity index is 3000. The number of allylic oxidation sites excluding steroid dienone is 5. The Morgan fingerprint density at radius 3 is 2.13 bits per heavy atom. The predicted octanol–water partition coefficient (Wildman–Crippen LogP) is 14.4. The minimum atomic E-state index is 0.305. The van der Waals surface area contributed by atoms with E-state index in [-0.39, 0.29) is 0 Å². The van der Waals surface area contributed by atoms with Crippen LogP contribution in [-0.2, 0) is 0 Å². The first-order valence-electron chi connectivity index (χ1n) is 18.8. The van der Waals surface area contributed by atoms with E-state index in [0.29, 0.717) is 11.8 Å². The van der Waals surface area contributed by atoms with Crippen LogP contribution >= 0.6 is 0 Å². The Balaban J connectivity index is 1.05. The summed E-state index contributed by atoms with van der Waals surface area (Å²) in [4.78, 5) is 2.41. The van der Waals surface area contributed by atoms with Gasteiger partial charge in [0.1, 0.15) is 11.2 Å². The molecule has 0 N–H and O–H groups in total. The maximum Gasteiger partial charge on any atom is 0.145 e. The van der Waals surface area contributed by atoms with Crippen LogP contribution in [0.1, 0.15) is 22.6 Å². The Morgan fingerprint density at radius 2 is 1.22 bits per heavy atom. The Labute approximate surface area is 314 Å². The number of hydrogen-bond donors (Lipinski definition) is 0. The van der Waals surface area contributed by atoms with Crippen molar-refractivity contribution in [3.8, 4) is 11.1 Å². The van der Waals surface area contributed by atoms with Crippen LogP contribution in [0, 0.1) is 5.92 Å². The number of para-hydroxylation sites is 2. The van der Waals surface area contributed by atoms with E-state index in [1.165, 1.54) is 38.6 Å². The fourth-order valence-corrected chi connectivity index (χ4v) is 8.86. The third-order valence-electron chi connectivity index (χ3n) is 11.4. The molecule has 0 saturated carbocycles. The molecule has 0 saturated heterocycles. The molecule has 0 radical (unpaired) electrons. The first-order valence-corrected chi connectivity index (χ1v) is 18.8. The second-order valence-corrected chi connectivity index (χ2v) is 14.4. The summed E-state index contributed by atoms with van der Waals surface area (Å²) in [6.45, 7) is 0. The van der Waals surface area contributed by atoms with Gasteiger partial charge in [0, 0.05) is 39.2 Å². The standard InChI is InChI=1S/C52H35NO/c1-2-11-35(12-3-1)42-15-6-8-18-47(42)53(48-19-10-14-37-27-32-46-45-17-7-9-20-49(45)54-52(46)51(37)48)41-29-25-34(26-30-41)39-28-31-44-40(33-39)24-23-38-22-21-36-13-4-5-16-43(36)50(38)44/h1-33,40,44H. The molecular weight excluding hydrogens is 655 g/mol. The molecule has 0 spiro atoms. The van der Waals surface area contributed by atoms with Gasteiger partial charge in [0.15, 0.2) is 0 Å². The second kappa shape index (κ2) is 12.4. The van der Waals surface area contributed by atoms with Gasteiger partial charge in [-0.25, -0.2) is 0 Å². The molecule has 0 bridgehead atoms. The molecule has 54 heavy (non-hydrogen) atoms. The molecule has 2 aliphatic rings. The molecule has 8 aromatic carbocycles. The van der Waals surface area contributed by atoms with E-state index in [4.69, 9.17) is 4.42 Å². The third-order valence-corrected chi connectivity index (χ3v) is 11.4. The van der Waals surface area contributed by atoms with Gasteiger partial charge in [-0.3, -0.25) is 0 Å². The van der Waals surface area contributed by atoms with Crippen molar-refractivity contribution >= 4 is 72.2 Å². The first kappa shape index (κ1) is 30.7. The van der Waals surface area contributed by atoms with E-state index in [0.717, 1.165) is 55.3 Å². The zero-order chi connectivity index (χ0) is 35.6. The van der Waals surface area contributed by atoms with E-state index < -0.39 is 0 Å². The van der Waals surface area contributed by atoms with Crippen molar-refractivity contribution in [1.29, 1.82) is 0 Å². The number of benzene rings is 8. The van der Waals surface area contributed by atoms with Crippen molar-refractivity contribution < 1.29 is 4.42 Å². The monoisotopic (exact) mass is 689 g/mol. The molecule has 1 heterocycles. The van der Waals surface area contributed by atoms with Crippen LogP contribution in [0.2, 0.25) is 0 Å². The number of rotatable bonds is 5. The molecule has 254 valence electrons. The lowest BCUT2D eigenvalue weighted by molar-refractivity contribution is 0.672. The van der Waals surface area contributed by atoms with Crippen molar-refractivity contribution in [2.24, 2.45) is 5.92 Å². The van der Waals surface area contributed by atoms with E-state index in [9.17, 15) is 0 Å². The summed E-state index contributed by atoms with van der Waals surface area (Å²) < 4.78 is 6.68. The van der Waals surface area contributed by atoms with Crippen molar-refractivity contribution in [2.75, 3.05) is 4.90 Å². The zero-order valence-electron chi connectivity index (χ0n) is 29.6. The van der Waals surface area contributed by atoms with E-state index in [1.807, 2.05) is 6.07 Å². The van der Waals surface area contributed by atoms with Crippen molar-refractivity contribution in [1.82, 2.24) is 0 Å². The highest BCUT2D eigenvalue weighted by Crippen LogP contribution is 2.48. The van der Waals surface area contributed by atoms with Crippen LogP contribution in [0.4, 0.5) is 17.1 Å². The fraction of sp³-hybridized carbons (Fsp3) is 0.0385. The van der Waals surface area contributed by atoms with Crippen LogP contribution in [0.25, 0.3) is 66.3 Å². The average Bonchev–Trinajstić information content (AvgIpc) is 3.63. The lowest BCUT2D eigenvalue weighted by atomic mass is 9.73. The van der Waals surface area contributed by atoms with Crippen LogP contribution in [0.5, 0.6) is 0 Å². The summed E-state index contributed by atoms with van der Waals surface area (Å²) in [7, 11) is 0. The van der Waals surface area contributed by atoms with Crippen molar-refractivity contribution in [2.45, 2.75) is 5.92 Å². The molecule has 2 heteroatoms. The molecule has 0 amide bonds. The zero-order valence-corrected chi connectivity index (χ0v) is 29.6. The number of anilines is 3. The summed E-state index contributed by atoms with van der Waals surface area (Å²) in [6, 6.07) is 61.1. The minimum Gasteiger partial charge on any atom is -0.455 e. The average molecular weight is 690 g/mol. The highest BCUT2D eigenvalue weighted by molar-refractivity contribution is 6.19. The molecule has 2 nitrogen and oxygen atoms in total. The van der Waals surface area contributed by atoms with Crippen molar-refractivity contribution in [3.63, 3.8) is 0 Å². The Morgan fingerprint density at radius 1 is 0.481 bits per heavy atom. The molecule has 1 aromatic heterocycles. The predicted molar refractivity (Wildman–Crippen MR) is 228 cm³/mol. The van der Waals surface area contributed by atoms with Crippen LogP contribution < -0.4 is 4.90 Å². The maximum atomic E-state index is 6.68. The quantitative estimate of drug-likeness (QED) is 0.179. The molecule has 2 unspecified atom stereocenters. The maximum absolute atomic E-state index is 6.68. The molecule has 9 aromatic rings.